The fourth-order valence-electron chi connectivity index (χ4n) is 2.04. The fourth-order valence-corrected chi connectivity index (χ4v) is 2.61. The molecule has 0 bridgehead atoms. The minimum atomic E-state index is -0.0198. The summed E-state index contributed by atoms with van der Waals surface area (Å²) in [6.45, 7) is 3.99. The van der Waals surface area contributed by atoms with Gasteiger partial charge in [0.2, 0.25) is 0 Å². The Balaban J connectivity index is 2.30. The van der Waals surface area contributed by atoms with Gasteiger partial charge in [-0.05, 0) is 49.2 Å². The maximum Gasteiger partial charge on any atom is 0.101 e. The van der Waals surface area contributed by atoms with E-state index in [0.29, 0.717) is 15.6 Å². The van der Waals surface area contributed by atoms with E-state index in [1.165, 1.54) is 0 Å². The maximum atomic E-state index is 9.15. The number of rotatable bonds is 3. The summed E-state index contributed by atoms with van der Waals surface area (Å²) in [5.41, 5.74) is 3.47. The second-order valence-corrected chi connectivity index (χ2v) is 5.54. The summed E-state index contributed by atoms with van der Waals surface area (Å²) in [6.07, 6.45) is 0. The van der Waals surface area contributed by atoms with Gasteiger partial charge >= 0.3 is 0 Å². The number of hydrogen-bond donors (Lipinski definition) is 1. The van der Waals surface area contributed by atoms with Crippen molar-refractivity contribution < 1.29 is 0 Å². The molecule has 0 saturated heterocycles. The number of halogens is 2. The molecule has 1 unspecified atom stereocenters. The molecule has 2 nitrogen and oxygen atoms in total. The van der Waals surface area contributed by atoms with Crippen LogP contribution in [0, 0.1) is 18.3 Å². The predicted octanol–water partition coefficient (Wildman–Crippen LogP) is 5.35. The number of nitrogens with zero attached hydrogens (tertiary/aromatic N) is 1. The predicted molar refractivity (Wildman–Crippen MR) is 84.4 cm³/mol. The number of nitrogens with one attached hydrogen (secondary N) is 1. The largest absolute Gasteiger partial charge is 0.377 e. The van der Waals surface area contributed by atoms with Crippen LogP contribution in [-0.4, -0.2) is 0 Å². The summed E-state index contributed by atoms with van der Waals surface area (Å²) in [5.74, 6) is 0. The fraction of sp³-hybridized carbons (Fsp3) is 0.188. The molecule has 0 radical (unpaired) electrons. The van der Waals surface area contributed by atoms with E-state index in [1.807, 2.05) is 44.2 Å². The van der Waals surface area contributed by atoms with Gasteiger partial charge in [0.15, 0.2) is 0 Å². The molecule has 2 rings (SSSR count). The van der Waals surface area contributed by atoms with Crippen LogP contribution >= 0.6 is 23.2 Å². The topological polar surface area (TPSA) is 35.8 Å². The first-order valence-corrected chi connectivity index (χ1v) is 6.99. The highest BCUT2D eigenvalue weighted by Crippen LogP contribution is 2.29. The van der Waals surface area contributed by atoms with E-state index in [0.717, 1.165) is 16.8 Å². The van der Waals surface area contributed by atoms with Crippen molar-refractivity contribution in [1.29, 1.82) is 5.26 Å². The molecule has 1 N–H and O–H groups in total. The molecule has 0 aliphatic rings. The van der Waals surface area contributed by atoms with Crippen LogP contribution in [0.4, 0.5) is 5.69 Å². The zero-order valence-corrected chi connectivity index (χ0v) is 12.8. The van der Waals surface area contributed by atoms with Crippen LogP contribution in [-0.2, 0) is 0 Å². The monoisotopic (exact) mass is 304 g/mol. The van der Waals surface area contributed by atoms with Crippen molar-refractivity contribution in [3.05, 3.63) is 63.1 Å². The lowest BCUT2D eigenvalue weighted by atomic mass is 10.1. The Morgan fingerprint density at radius 3 is 2.55 bits per heavy atom. The van der Waals surface area contributed by atoms with E-state index in [-0.39, 0.29) is 6.04 Å². The molecule has 0 amide bonds. The smallest absolute Gasteiger partial charge is 0.101 e. The molecule has 0 aliphatic heterocycles. The average molecular weight is 305 g/mol. The van der Waals surface area contributed by atoms with Gasteiger partial charge in [0, 0.05) is 10.0 Å². The molecule has 20 heavy (non-hydrogen) atoms. The van der Waals surface area contributed by atoms with Crippen molar-refractivity contribution in [3.8, 4) is 6.07 Å². The van der Waals surface area contributed by atoms with Crippen LogP contribution in [0.3, 0.4) is 0 Å². The van der Waals surface area contributed by atoms with Gasteiger partial charge in [-0.15, -0.1) is 0 Å². The van der Waals surface area contributed by atoms with Gasteiger partial charge in [-0.1, -0.05) is 35.3 Å². The highest BCUT2D eigenvalue weighted by atomic mass is 35.5. The van der Waals surface area contributed by atoms with Crippen molar-refractivity contribution in [1.82, 2.24) is 0 Å². The Morgan fingerprint density at radius 1 is 1.15 bits per heavy atom. The van der Waals surface area contributed by atoms with Gasteiger partial charge < -0.3 is 5.32 Å². The number of benzene rings is 2. The first kappa shape index (κ1) is 14.7. The summed E-state index contributed by atoms with van der Waals surface area (Å²) >= 11 is 12.1. The standard InChI is InChI=1S/C16H14Cl2N2/c1-10-3-4-12(9-19)16(7-10)20-11(2)14-6-5-13(17)8-15(14)18/h3-8,11,20H,1-2H3. The molecule has 0 aliphatic carbocycles. The molecule has 1 atom stereocenters. The van der Waals surface area contributed by atoms with E-state index >= 15 is 0 Å². The van der Waals surface area contributed by atoms with Gasteiger partial charge in [0.1, 0.15) is 6.07 Å². The molecular formula is C16H14Cl2N2. The van der Waals surface area contributed by atoms with E-state index in [9.17, 15) is 0 Å². The van der Waals surface area contributed by atoms with E-state index in [1.54, 1.807) is 6.07 Å². The van der Waals surface area contributed by atoms with Crippen molar-refractivity contribution in [2.24, 2.45) is 0 Å². The second kappa shape index (κ2) is 6.17. The molecule has 0 spiro atoms. The molecule has 0 aromatic heterocycles. The highest BCUT2D eigenvalue weighted by molar-refractivity contribution is 6.35. The van der Waals surface area contributed by atoms with Crippen molar-refractivity contribution in [3.63, 3.8) is 0 Å². The SMILES string of the molecule is Cc1ccc(C#N)c(NC(C)c2ccc(Cl)cc2Cl)c1. The van der Waals surface area contributed by atoms with Crippen molar-refractivity contribution in [2.45, 2.75) is 19.9 Å². The van der Waals surface area contributed by atoms with Gasteiger partial charge in [0.25, 0.3) is 0 Å². The van der Waals surface area contributed by atoms with E-state index in [2.05, 4.69) is 11.4 Å². The van der Waals surface area contributed by atoms with Crippen LogP contribution in [0.5, 0.6) is 0 Å². The van der Waals surface area contributed by atoms with Crippen LogP contribution in [0.2, 0.25) is 10.0 Å². The lowest BCUT2D eigenvalue weighted by Gasteiger charge is -2.18. The van der Waals surface area contributed by atoms with E-state index < -0.39 is 0 Å². The summed E-state index contributed by atoms with van der Waals surface area (Å²) < 4.78 is 0. The van der Waals surface area contributed by atoms with Crippen molar-refractivity contribution in [2.75, 3.05) is 5.32 Å². The van der Waals surface area contributed by atoms with Gasteiger partial charge in [-0.3, -0.25) is 0 Å². The molecule has 102 valence electrons. The quantitative estimate of drug-likeness (QED) is 0.830. The lowest BCUT2D eigenvalue weighted by Crippen LogP contribution is -2.08. The zero-order valence-electron chi connectivity index (χ0n) is 11.2. The third kappa shape index (κ3) is 3.25. The second-order valence-electron chi connectivity index (χ2n) is 4.69. The van der Waals surface area contributed by atoms with Gasteiger partial charge in [-0.2, -0.15) is 5.26 Å². The Kier molecular flexibility index (Phi) is 4.54. The summed E-state index contributed by atoms with van der Waals surface area (Å²) in [4.78, 5) is 0. The molecular weight excluding hydrogens is 291 g/mol. The zero-order chi connectivity index (χ0) is 14.7. The molecule has 0 saturated carbocycles. The average Bonchev–Trinajstić information content (AvgIpc) is 2.38. The molecule has 0 fully saturated rings. The van der Waals surface area contributed by atoms with Crippen LogP contribution < -0.4 is 5.32 Å². The number of aryl methyl sites for hydroxylation is 1. The number of hydrogen-bond acceptors (Lipinski definition) is 2. The Hall–Kier alpha value is -1.69. The maximum absolute atomic E-state index is 9.15. The summed E-state index contributed by atoms with van der Waals surface area (Å²) in [5, 5.41) is 13.7. The highest BCUT2D eigenvalue weighted by Gasteiger charge is 2.12. The summed E-state index contributed by atoms with van der Waals surface area (Å²) in [6, 6.07) is 13.3. The minimum absolute atomic E-state index is 0.0198. The third-order valence-corrected chi connectivity index (χ3v) is 3.66. The Labute approximate surface area is 128 Å². The van der Waals surface area contributed by atoms with Crippen molar-refractivity contribution >= 4 is 28.9 Å². The third-order valence-electron chi connectivity index (χ3n) is 3.10. The Bertz CT molecular complexity index is 675. The van der Waals surface area contributed by atoms with Crippen LogP contribution in [0.25, 0.3) is 0 Å². The molecule has 0 heterocycles. The summed E-state index contributed by atoms with van der Waals surface area (Å²) in [7, 11) is 0. The molecule has 2 aromatic rings. The number of nitriles is 1. The number of anilines is 1. The lowest BCUT2D eigenvalue weighted by molar-refractivity contribution is 0.884. The first-order chi connectivity index (χ1) is 9.51. The van der Waals surface area contributed by atoms with Gasteiger partial charge in [0.05, 0.1) is 17.3 Å². The molecule has 4 heteroatoms. The molecule has 2 aromatic carbocycles. The van der Waals surface area contributed by atoms with Crippen LogP contribution in [0.1, 0.15) is 29.7 Å². The normalized spacial score (nSPS) is 11.8. The first-order valence-electron chi connectivity index (χ1n) is 6.23. The van der Waals surface area contributed by atoms with Crippen LogP contribution in [0.15, 0.2) is 36.4 Å². The van der Waals surface area contributed by atoms with Gasteiger partial charge in [-0.25, -0.2) is 0 Å². The Morgan fingerprint density at radius 2 is 1.90 bits per heavy atom. The minimum Gasteiger partial charge on any atom is -0.377 e. The van der Waals surface area contributed by atoms with E-state index in [4.69, 9.17) is 28.5 Å².